The largest absolute Gasteiger partial charge is 0.415 e. The molecule has 0 aromatic heterocycles. The Morgan fingerprint density at radius 3 is 2.83 bits per heavy atom. The number of amides is 1. The van der Waals surface area contributed by atoms with Gasteiger partial charge in [0.2, 0.25) is 0 Å². The highest BCUT2D eigenvalue weighted by atomic mass is 16.6. The molecule has 98 valence electrons. The van der Waals surface area contributed by atoms with Gasteiger partial charge in [-0.3, -0.25) is 0 Å². The van der Waals surface area contributed by atoms with Crippen molar-refractivity contribution in [2.24, 2.45) is 0 Å². The zero-order chi connectivity index (χ0) is 12.8. The van der Waals surface area contributed by atoms with Crippen molar-refractivity contribution in [1.82, 2.24) is 4.90 Å². The number of likely N-dealkylation sites (N-methyl/N-ethyl adjacent to an activating group) is 1. The van der Waals surface area contributed by atoms with Crippen molar-refractivity contribution in [1.29, 1.82) is 0 Å². The average molecular weight is 249 g/mol. The zero-order valence-electron chi connectivity index (χ0n) is 10.7. The van der Waals surface area contributed by atoms with Crippen LogP contribution in [0.4, 0.5) is 4.79 Å². The molecule has 0 aliphatic carbocycles. The van der Waals surface area contributed by atoms with E-state index in [2.05, 4.69) is 0 Å². The number of carbonyl (C=O) groups is 1. The zero-order valence-corrected chi connectivity index (χ0v) is 10.7. The van der Waals surface area contributed by atoms with Crippen LogP contribution in [0.5, 0.6) is 5.75 Å². The quantitative estimate of drug-likeness (QED) is 0.826. The van der Waals surface area contributed by atoms with Crippen LogP contribution < -0.4 is 4.74 Å². The van der Waals surface area contributed by atoms with Crippen molar-refractivity contribution in [3.05, 3.63) is 30.3 Å². The third kappa shape index (κ3) is 3.74. The summed E-state index contributed by atoms with van der Waals surface area (Å²) in [4.78, 5) is 13.4. The van der Waals surface area contributed by atoms with Crippen LogP contribution in [0.3, 0.4) is 0 Å². The van der Waals surface area contributed by atoms with Crippen molar-refractivity contribution in [3.63, 3.8) is 0 Å². The number of benzene rings is 1. The Morgan fingerprint density at radius 1 is 1.39 bits per heavy atom. The molecule has 1 saturated heterocycles. The molecule has 0 radical (unpaired) electrons. The van der Waals surface area contributed by atoms with Gasteiger partial charge in [0.25, 0.3) is 0 Å². The molecule has 4 nitrogen and oxygen atoms in total. The normalized spacial score (nSPS) is 19.3. The predicted octanol–water partition coefficient (Wildman–Crippen LogP) is 2.69. The van der Waals surface area contributed by atoms with E-state index in [0.717, 1.165) is 19.4 Å². The van der Waals surface area contributed by atoms with E-state index in [1.807, 2.05) is 18.2 Å². The molecule has 4 heteroatoms. The second kappa shape index (κ2) is 6.40. The van der Waals surface area contributed by atoms with E-state index >= 15 is 0 Å². The number of hydrogen-bond donors (Lipinski definition) is 0. The molecular weight excluding hydrogens is 230 g/mol. The molecule has 1 amide bonds. The van der Waals surface area contributed by atoms with Crippen molar-refractivity contribution < 1.29 is 14.3 Å². The summed E-state index contributed by atoms with van der Waals surface area (Å²) in [5.74, 6) is 0.568. The van der Waals surface area contributed by atoms with Crippen LogP contribution in [0.25, 0.3) is 0 Å². The highest BCUT2D eigenvalue weighted by Gasteiger charge is 2.19. The Balaban J connectivity index is 1.81. The van der Waals surface area contributed by atoms with Gasteiger partial charge in [0.15, 0.2) is 0 Å². The van der Waals surface area contributed by atoms with Gasteiger partial charge in [-0.2, -0.15) is 0 Å². The van der Waals surface area contributed by atoms with Crippen LogP contribution in [0.15, 0.2) is 30.3 Å². The molecule has 1 aliphatic rings. The minimum absolute atomic E-state index is 0.145. The summed E-state index contributed by atoms with van der Waals surface area (Å²) in [5, 5.41) is 0. The van der Waals surface area contributed by atoms with Gasteiger partial charge >= 0.3 is 6.09 Å². The summed E-state index contributed by atoms with van der Waals surface area (Å²) in [7, 11) is 1.74. The summed E-state index contributed by atoms with van der Waals surface area (Å²) in [6, 6.07) is 9.10. The van der Waals surface area contributed by atoms with Crippen LogP contribution in [-0.2, 0) is 4.74 Å². The fraction of sp³-hybridized carbons (Fsp3) is 0.500. The van der Waals surface area contributed by atoms with Crippen molar-refractivity contribution >= 4 is 6.09 Å². The van der Waals surface area contributed by atoms with Gasteiger partial charge in [0.1, 0.15) is 5.75 Å². The van der Waals surface area contributed by atoms with E-state index in [0.29, 0.717) is 12.3 Å². The van der Waals surface area contributed by atoms with E-state index in [4.69, 9.17) is 9.47 Å². The second-order valence-corrected chi connectivity index (χ2v) is 4.55. The summed E-state index contributed by atoms with van der Waals surface area (Å²) in [6.45, 7) is 1.39. The van der Waals surface area contributed by atoms with Crippen LogP contribution in [-0.4, -0.2) is 37.3 Å². The summed E-state index contributed by atoms with van der Waals surface area (Å²) in [5.41, 5.74) is 0. The maximum absolute atomic E-state index is 11.8. The number of ether oxygens (including phenoxy) is 2. The first-order valence-electron chi connectivity index (χ1n) is 6.35. The minimum Gasteiger partial charge on any atom is -0.410 e. The maximum Gasteiger partial charge on any atom is 0.415 e. The van der Waals surface area contributed by atoms with E-state index in [-0.39, 0.29) is 12.2 Å². The summed E-state index contributed by atoms with van der Waals surface area (Å²) < 4.78 is 10.8. The lowest BCUT2D eigenvalue weighted by Gasteiger charge is -2.26. The van der Waals surface area contributed by atoms with Crippen LogP contribution in [0, 0.1) is 0 Å². The lowest BCUT2D eigenvalue weighted by molar-refractivity contribution is 0.00110. The lowest BCUT2D eigenvalue weighted by atomic mass is 10.1. The Morgan fingerprint density at radius 2 is 2.17 bits per heavy atom. The van der Waals surface area contributed by atoms with E-state index in [9.17, 15) is 4.79 Å². The Labute approximate surface area is 107 Å². The Kier molecular flexibility index (Phi) is 4.59. The third-order valence-corrected chi connectivity index (χ3v) is 3.01. The molecule has 1 atom stereocenters. The monoisotopic (exact) mass is 249 g/mol. The minimum atomic E-state index is -0.338. The molecule has 1 aromatic carbocycles. The molecule has 18 heavy (non-hydrogen) atoms. The van der Waals surface area contributed by atoms with E-state index in [1.54, 1.807) is 24.1 Å². The van der Waals surface area contributed by atoms with E-state index in [1.165, 1.54) is 6.42 Å². The van der Waals surface area contributed by atoms with Crippen LogP contribution >= 0.6 is 0 Å². The van der Waals surface area contributed by atoms with Gasteiger partial charge in [-0.1, -0.05) is 18.2 Å². The van der Waals surface area contributed by atoms with Crippen molar-refractivity contribution in [2.45, 2.75) is 25.4 Å². The number of hydrogen-bond acceptors (Lipinski definition) is 3. The molecule has 2 rings (SSSR count). The Hall–Kier alpha value is -1.55. The molecule has 1 aromatic rings. The fourth-order valence-electron chi connectivity index (χ4n) is 2.00. The van der Waals surface area contributed by atoms with Gasteiger partial charge in [0, 0.05) is 20.2 Å². The third-order valence-electron chi connectivity index (χ3n) is 3.01. The van der Waals surface area contributed by atoms with Crippen molar-refractivity contribution in [3.8, 4) is 5.75 Å². The smallest absolute Gasteiger partial charge is 0.410 e. The van der Waals surface area contributed by atoms with Gasteiger partial charge < -0.3 is 14.4 Å². The SMILES string of the molecule is CN(CC1CCCCO1)C(=O)Oc1ccccc1. The average Bonchev–Trinajstić information content (AvgIpc) is 2.41. The Bertz CT molecular complexity index is 374. The first kappa shape index (κ1) is 12.9. The summed E-state index contributed by atoms with van der Waals surface area (Å²) in [6.07, 6.45) is 3.12. The van der Waals surface area contributed by atoms with Gasteiger partial charge in [-0.05, 0) is 31.4 Å². The number of carbonyl (C=O) groups excluding carboxylic acids is 1. The highest BCUT2D eigenvalue weighted by Crippen LogP contribution is 2.14. The molecule has 1 fully saturated rings. The molecular formula is C14H19NO3. The molecule has 0 saturated carbocycles. The van der Waals surface area contributed by atoms with Crippen LogP contribution in [0.2, 0.25) is 0 Å². The van der Waals surface area contributed by atoms with Gasteiger partial charge in [-0.25, -0.2) is 4.79 Å². The van der Waals surface area contributed by atoms with Crippen molar-refractivity contribution in [2.75, 3.05) is 20.2 Å². The maximum atomic E-state index is 11.8. The predicted molar refractivity (Wildman–Crippen MR) is 68.7 cm³/mol. The lowest BCUT2D eigenvalue weighted by Crippen LogP contribution is -2.38. The standard InChI is InChI=1S/C14H19NO3/c1-15(11-13-9-5-6-10-17-13)14(16)18-12-7-3-2-4-8-12/h2-4,7-8,13H,5-6,9-11H2,1H3. The number of nitrogens with zero attached hydrogens (tertiary/aromatic N) is 1. The molecule has 0 N–H and O–H groups in total. The first-order valence-corrected chi connectivity index (χ1v) is 6.35. The van der Waals surface area contributed by atoms with E-state index < -0.39 is 0 Å². The first-order chi connectivity index (χ1) is 8.75. The fourth-order valence-corrected chi connectivity index (χ4v) is 2.00. The highest BCUT2D eigenvalue weighted by molar-refractivity contribution is 5.70. The second-order valence-electron chi connectivity index (χ2n) is 4.55. The topological polar surface area (TPSA) is 38.8 Å². The number of rotatable bonds is 3. The summed E-state index contributed by atoms with van der Waals surface area (Å²) >= 11 is 0. The molecule has 1 heterocycles. The molecule has 0 spiro atoms. The van der Waals surface area contributed by atoms with Gasteiger partial charge in [-0.15, -0.1) is 0 Å². The van der Waals surface area contributed by atoms with Crippen LogP contribution in [0.1, 0.15) is 19.3 Å². The molecule has 1 unspecified atom stereocenters. The molecule has 1 aliphatic heterocycles. The van der Waals surface area contributed by atoms with Gasteiger partial charge in [0.05, 0.1) is 6.10 Å². The molecule has 0 bridgehead atoms. The number of para-hydroxylation sites is 1.